The molecule has 0 aromatic rings. The lowest BCUT2D eigenvalue weighted by Crippen LogP contribution is -2.56. The van der Waals surface area contributed by atoms with Crippen molar-refractivity contribution in [3.05, 3.63) is 35.1 Å². The lowest BCUT2D eigenvalue weighted by Gasteiger charge is -2.30. The maximum Gasteiger partial charge on any atom is 0.427 e. The monoisotopic (exact) mass is 800 g/mol. The zero-order chi connectivity index (χ0) is 40.9. The number of halogens is 3. The van der Waals surface area contributed by atoms with Gasteiger partial charge in [0.25, 0.3) is 5.91 Å². The second-order valence-electron chi connectivity index (χ2n) is 16.6. The Labute approximate surface area is 318 Å². The zero-order valence-corrected chi connectivity index (χ0v) is 32.7. The van der Waals surface area contributed by atoms with Crippen molar-refractivity contribution in [2.24, 2.45) is 23.7 Å². The molecule has 0 aromatic carbocycles. The number of ketones is 1. The maximum absolute atomic E-state index is 14.3. The van der Waals surface area contributed by atoms with Crippen LogP contribution in [0.5, 0.6) is 0 Å². The lowest BCUT2D eigenvalue weighted by atomic mass is 9.83. The summed E-state index contributed by atoms with van der Waals surface area (Å²) in [6.07, 6.45) is 2.47. The highest BCUT2D eigenvalue weighted by Crippen LogP contribution is 2.48. The normalized spacial score (nSPS) is 32.3. The summed E-state index contributed by atoms with van der Waals surface area (Å²) >= 11 is 0. The van der Waals surface area contributed by atoms with E-state index in [0.29, 0.717) is 45.6 Å². The van der Waals surface area contributed by atoms with Crippen LogP contribution in [0.15, 0.2) is 35.1 Å². The molecule has 0 bridgehead atoms. The van der Waals surface area contributed by atoms with Crippen molar-refractivity contribution in [1.82, 2.24) is 20.3 Å². The average molecular weight is 801 g/mol. The number of nitrogens with zero attached hydrogens (tertiary/aromatic N) is 1. The summed E-state index contributed by atoms with van der Waals surface area (Å²) in [5, 5.41) is 15.3. The molecule has 4 N–H and O–H groups in total. The molecule has 3 aliphatic carbocycles. The third-order valence-electron chi connectivity index (χ3n) is 11.8. The summed E-state index contributed by atoms with van der Waals surface area (Å²) in [4.78, 5) is 68.9. The van der Waals surface area contributed by atoms with Crippen LogP contribution in [-0.4, -0.2) is 102 Å². The fraction of sp³-hybridized carbons (Fsp3) is 0.703. The molecular formula is C37H51F3N4O10S. The van der Waals surface area contributed by atoms with Gasteiger partial charge in [-0.15, -0.1) is 0 Å². The van der Waals surface area contributed by atoms with Gasteiger partial charge >= 0.3 is 18.2 Å². The highest BCUT2D eigenvalue weighted by Gasteiger charge is 2.63. The van der Waals surface area contributed by atoms with E-state index in [2.05, 4.69) is 28.6 Å². The molecule has 7 atom stereocenters. The van der Waals surface area contributed by atoms with Crippen LogP contribution < -0.4 is 15.4 Å². The number of hydrogen-bond donors (Lipinski definition) is 4. The van der Waals surface area contributed by atoms with Gasteiger partial charge < -0.3 is 25.2 Å². The first-order valence-electron chi connectivity index (χ1n) is 18.6. The molecule has 0 aromatic heterocycles. The number of carbonyl (C=O) groups excluding carboxylic acids is 4. The number of allylic oxidation sites excluding steroid dienone is 2. The molecule has 1 saturated heterocycles. The van der Waals surface area contributed by atoms with E-state index in [4.69, 9.17) is 4.74 Å². The Balaban J connectivity index is 1.48. The summed E-state index contributed by atoms with van der Waals surface area (Å²) in [6.45, 7) is 7.49. The SMILES string of the molecule is COC1=CC([C@H]2C[C@H]3C(=O)N[C@]4(C(=O)NS(=O)(=O)C5(C)CC5)C[C@H]4/C=C\CC[C@@H](C)C[C@@H](C)CCN3C2)=C(C(=O)O)[C@H](NC(=O)OC(C)(C)C(F)(F)F)C1=O. The van der Waals surface area contributed by atoms with E-state index in [9.17, 15) is 50.7 Å². The molecule has 2 saturated carbocycles. The van der Waals surface area contributed by atoms with Crippen molar-refractivity contribution < 1.29 is 60.1 Å². The molecule has 0 radical (unpaired) electrons. The van der Waals surface area contributed by atoms with Crippen molar-refractivity contribution in [2.75, 3.05) is 20.2 Å². The van der Waals surface area contributed by atoms with Crippen LogP contribution in [0.1, 0.15) is 86.0 Å². The number of nitrogens with one attached hydrogen (secondary N) is 3. The van der Waals surface area contributed by atoms with Crippen LogP contribution in [0.25, 0.3) is 0 Å². The van der Waals surface area contributed by atoms with Gasteiger partial charge in [-0.05, 0) is 108 Å². The number of hydrogen-bond acceptors (Lipinski definition) is 10. The maximum atomic E-state index is 14.3. The van der Waals surface area contributed by atoms with Gasteiger partial charge in [-0.25, -0.2) is 18.0 Å². The third-order valence-corrected chi connectivity index (χ3v) is 13.9. The van der Waals surface area contributed by atoms with E-state index >= 15 is 0 Å². The van der Waals surface area contributed by atoms with Crippen LogP contribution in [0.3, 0.4) is 0 Å². The first kappa shape index (κ1) is 42.2. The van der Waals surface area contributed by atoms with E-state index < -0.39 is 91.2 Å². The van der Waals surface area contributed by atoms with Gasteiger partial charge in [-0.3, -0.25) is 24.0 Å². The van der Waals surface area contributed by atoms with E-state index in [0.717, 1.165) is 26.4 Å². The van der Waals surface area contributed by atoms with Crippen LogP contribution in [0.4, 0.5) is 18.0 Å². The number of methoxy groups -OCH3 is 1. The van der Waals surface area contributed by atoms with E-state index in [1.807, 2.05) is 22.4 Å². The first-order chi connectivity index (χ1) is 25.4. The molecule has 306 valence electrons. The standard InChI is InChI=1S/C37H51F3N4O10S/c1-20-9-7-8-10-23-18-36(23,32(49)43-55(51,52)35(5)12-13-35)42-30(46)25-16-22(19-44(25)14-11-21(2)15-20)24-17-26(53-6)29(45)28(27(24)31(47)48)41-33(50)54-34(3,4)37(38,39)40/h8,10,17,20-23,25,28H,7,9,11-16,18-19H2,1-6H3,(H,41,50)(H,42,46)(H,43,49)(H,47,48)/b10-8-/t20-,21+,22+,23-,25+,28+,36-/m1/s1. The number of alkyl halides is 3. The molecule has 0 unspecified atom stereocenters. The van der Waals surface area contributed by atoms with Crippen LogP contribution in [-0.2, 0) is 38.7 Å². The fourth-order valence-electron chi connectivity index (χ4n) is 7.71. The molecule has 55 heavy (non-hydrogen) atoms. The number of rotatable bonds is 8. The summed E-state index contributed by atoms with van der Waals surface area (Å²) < 4.78 is 77.6. The van der Waals surface area contributed by atoms with Crippen molar-refractivity contribution in [2.45, 2.75) is 120 Å². The summed E-state index contributed by atoms with van der Waals surface area (Å²) in [7, 11) is -2.89. The Morgan fingerprint density at radius 1 is 1.07 bits per heavy atom. The van der Waals surface area contributed by atoms with Crippen molar-refractivity contribution >= 4 is 39.7 Å². The van der Waals surface area contributed by atoms with E-state index in [-0.39, 0.29) is 36.6 Å². The molecule has 14 nitrogen and oxygen atoms in total. The number of ether oxygens (including phenoxy) is 2. The van der Waals surface area contributed by atoms with Crippen LogP contribution >= 0.6 is 0 Å². The van der Waals surface area contributed by atoms with Crippen molar-refractivity contribution in [1.29, 1.82) is 0 Å². The Morgan fingerprint density at radius 2 is 1.73 bits per heavy atom. The minimum Gasteiger partial charge on any atom is -0.493 e. The smallest absolute Gasteiger partial charge is 0.427 e. The highest BCUT2D eigenvalue weighted by molar-refractivity contribution is 7.91. The minimum atomic E-state index is -4.98. The molecule has 3 amide bonds. The van der Waals surface area contributed by atoms with Crippen molar-refractivity contribution in [3.63, 3.8) is 0 Å². The molecule has 5 rings (SSSR count). The molecular weight excluding hydrogens is 749 g/mol. The Bertz CT molecular complexity index is 1800. The Morgan fingerprint density at radius 3 is 2.33 bits per heavy atom. The number of alkyl carbamates (subject to hydrolysis) is 1. The number of amides is 3. The van der Waals surface area contributed by atoms with Crippen molar-refractivity contribution in [3.8, 4) is 0 Å². The van der Waals surface area contributed by atoms with Gasteiger partial charge in [0.05, 0.1) is 23.5 Å². The Hall–Kier alpha value is -3.93. The summed E-state index contributed by atoms with van der Waals surface area (Å²) in [6, 6.07) is -2.92. The molecule has 5 aliphatic rings. The predicted octanol–water partition coefficient (Wildman–Crippen LogP) is 3.88. The number of aliphatic carboxylic acids is 1. The predicted molar refractivity (Wildman–Crippen MR) is 191 cm³/mol. The molecule has 18 heteroatoms. The van der Waals surface area contributed by atoms with Gasteiger partial charge in [-0.2, -0.15) is 13.2 Å². The van der Waals surface area contributed by atoms with E-state index in [1.165, 1.54) is 6.08 Å². The quantitative estimate of drug-likeness (QED) is 0.260. The van der Waals surface area contributed by atoms with Gasteiger partial charge in [-0.1, -0.05) is 26.0 Å². The highest BCUT2D eigenvalue weighted by atomic mass is 32.2. The number of sulfonamides is 1. The number of carbonyl (C=O) groups is 5. The topological polar surface area (TPSA) is 198 Å². The van der Waals surface area contributed by atoms with Crippen LogP contribution in [0.2, 0.25) is 0 Å². The third kappa shape index (κ3) is 8.74. The summed E-state index contributed by atoms with van der Waals surface area (Å²) in [5.41, 5.74) is -5.12. The number of Topliss-reactive ketones (excluding diaryl/α,β-unsaturated/α-hetero) is 1. The summed E-state index contributed by atoms with van der Waals surface area (Å²) in [5.74, 6) is -5.09. The average Bonchev–Trinajstić information content (AvgIpc) is 3.95. The zero-order valence-electron chi connectivity index (χ0n) is 31.9. The largest absolute Gasteiger partial charge is 0.493 e. The molecule has 2 heterocycles. The van der Waals surface area contributed by atoms with Gasteiger partial charge in [0, 0.05) is 12.5 Å². The van der Waals surface area contributed by atoms with Gasteiger partial charge in [0.1, 0.15) is 11.6 Å². The van der Waals surface area contributed by atoms with Gasteiger partial charge in [0.2, 0.25) is 27.3 Å². The van der Waals surface area contributed by atoms with E-state index in [1.54, 1.807) is 6.92 Å². The second kappa shape index (κ2) is 15.2. The number of carboxylic acid groups (broad SMARTS) is 1. The minimum absolute atomic E-state index is 0.0166. The second-order valence-corrected chi connectivity index (χ2v) is 18.8. The molecule has 0 spiro atoms. The van der Waals surface area contributed by atoms with Gasteiger partial charge in [0.15, 0.2) is 5.76 Å². The number of fused-ring (bicyclic) bond motifs is 2. The Kier molecular flexibility index (Phi) is 11.7. The fourth-order valence-corrected chi connectivity index (χ4v) is 9.03. The lowest BCUT2D eigenvalue weighted by molar-refractivity contribution is -0.244. The first-order valence-corrected chi connectivity index (χ1v) is 20.1. The molecule has 3 fully saturated rings. The number of carboxylic acids is 1. The van der Waals surface area contributed by atoms with Crippen LogP contribution in [0, 0.1) is 23.7 Å². The molecule has 2 aliphatic heterocycles.